The Hall–Kier alpha value is -1.06. The summed E-state index contributed by atoms with van der Waals surface area (Å²) in [7, 11) is 0. The van der Waals surface area contributed by atoms with Crippen LogP contribution in [0.3, 0.4) is 0 Å². The van der Waals surface area contributed by atoms with Crippen LogP contribution in [0.25, 0.3) is 0 Å². The molecule has 2 saturated heterocycles. The lowest BCUT2D eigenvalue weighted by atomic mass is 9.79. The summed E-state index contributed by atoms with van der Waals surface area (Å²) < 4.78 is 0. The van der Waals surface area contributed by atoms with Gasteiger partial charge in [0.1, 0.15) is 6.04 Å². The lowest BCUT2D eigenvalue weighted by molar-refractivity contribution is -0.141. The molecule has 0 aromatic heterocycles. The zero-order chi connectivity index (χ0) is 14.3. The van der Waals surface area contributed by atoms with Crippen molar-refractivity contribution >= 4 is 11.8 Å². The van der Waals surface area contributed by atoms with Crippen molar-refractivity contribution in [2.24, 2.45) is 11.8 Å². The van der Waals surface area contributed by atoms with E-state index >= 15 is 0 Å². The van der Waals surface area contributed by atoms with Crippen molar-refractivity contribution < 1.29 is 9.59 Å². The second-order valence-electron chi connectivity index (χ2n) is 7.10. The monoisotopic (exact) mass is 278 g/mol. The molecule has 0 N–H and O–H groups in total. The first-order valence-electron chi connectivity index (χ1n) is 8.16. The first-order chi connectivity index (χ1) is 9.56. The number of rotatable bonds is 1. The van der Waals surface area contributed by atoms with E-state index in [9.17, 15) is 9.59 Å². The van der Waals surface area contributed by atoms with Crippen LogP contribution in [-0.4, -0.2) is 46.8 Å². The molecule has 20 heavy (non-hydrogen) atoms. The van der Waals surface area contributed by atoms with Crippen LogP contribution in [0.1, 0.15) is 52.4 Å². The van der Waals surface area contributed by atoms with Crippen LogP contribution in [0.2, 0.25) is 0 Å². The third-order valence-electron chi connectivity index (χ3n) is 5.30. The Morgan fingerprint density at radius 2 is 1.65 bits per heavy atom. The summed E-state index contributed by atoms with van der Waals surface area (Å²) in [5, 5.41) is 0. The average Bonchev–Trinajstić information content (AvgIpc) is 2.82. The van der Waals surface area contributed by atoms with Gasteiger partial charge in [0.05, 0.1) is 0 Å². The fourth-order valence-corrected chi connectivity index (χ4v) is 4.50. The second-order valence-corrected chi connectivity index (χ2v) is 7.10. The largest absolute Gasteiger partial charge is 0.337 e. The molecule has 1 saturated carbocycles. The highest BCUT2D eigenvalue weighted by molar-refractivity contribution is 5.90. The molecule has 2 amide bonds. The summed E-state index contributed by atoms with van der Waals surface area (Å²) >= 11 is 0. The zero-order valence-electron chi connectivity index (χ0n) is 12.7. The minimum Gasteiger partial charge on any atom is -0.337 e. The molecule has 3 atom stereocenters. The topological polar surface area (TPSA) is 40.6 Å². The third kappa shape index (κ3) is 2.45. The van der Waals surface area contributed by atoms with Gasteiger partial charge in [-0.2, -0.15) is 0 Å². The van der Waals surface area contributed by atoms with Gasteiger partial charge in [0, 0.05) is 25.6 Å². The number of hydrogen-bond acceptors (Lipinski definition) is 2. The zero-order valence-corrected chi connectivity index (χ0v) is 12.7. The molecular formula is C16H26N2O2. The first-order valence-corrected chi connectivity index (χ1v) is 8.16. The normalized spacial score (nSPS) is 38.9. The van der Waals surface area contributed by atoms with E-state index in [1.165, 1.54) is 6.42 Å². The lowest BCUT2D eigenvalue weighted by Crippen LogP contribution is -2.49. The summed E-state index contributed by atoms with van der Waals surface area (Å²) in [6.07, 6.45) is 5.84. The quantitative estimate of drug-likeness (QED) is 0.736. The van der Waals surface area contributed by atoms with Crippen LogP contribution in [0, 0.1) is 11.8 Å². The molecule has 3 aliphatic rings. The van der Waals surface area contributed by atoms with Crippen molar-refractivity contribution in [3.63, 3.8) is 0 Å². The van der Waals surface area contributed by atoms with Crippen LogP contribution in [0.4, 0.5) is 0 Å². The second kappa shape index (κ2) is 5.38. The molecule has 3 unspecified atom stereocenters. The minimum absolute atomic E-state index is 0.155. The van der Waals surface area contributed by atoms with Gasteiger partial charge in [-0.1, -0.05) is 13.8 Å². The predicted octanol–water partition coefficient (Wildman–Crippen LogP) is 2.03. The standard InChI is InChI=1S/C16H26N2O2/c1-11-8-12(2)10-13(9-11)17-7-5-15(19)18-6-3-4-14(18)16(17)20/h11-14H,3-10H2,1-2H3. The van der Waals surface area contributed by atoms with E-state index in [0.717, 1.165) is 32.2 Å². The summed E-state index contributed by atoms with van der Waals surface area (Å²) in [5.41, 5.74) is 0. The third-order valence-corrected chi connectivity index (χ3v) is 5.30. The smallest absolute Gasteiger partial charge is 0.245 e. The maximum absolute atomic E-state index is 12.8. The van der Waals surface area contributed by atoms with E-state index in [2.05, 4.69) is 18.7 Å². The molecule has 2 heterocycles. The van der Waals surface area contributed by atoms with Crippen molar-refractivity contribution in [3.8, 4) is 0 Å². The van der Waals surface area contributed by atoms with E-state index in [-0.39, 0.29) is 17.9 Å². The molecule has 1 aliphatic carbocycles. The lowest BCUT2D eigenvalue weighted by Gasteiger charge is -2.39. The van der Waals surface area contributed by atoms with Crippen molar-refractivity contribution in [1.29, 1.82) is 0 Å². The number of hydrogen-bond donors (Lipinski definition) is 0. The van der Waals surface area contributed by atoms with E-state index in [1.54, 1.807) is 0 Å². The molecule has 0 radical (unpaired) electrons. The Kier molecular flexibility index (Phi) is 3.74. The Balaban J connectivity index is 1.78. The molecule has 0 aromatic carbocycles. The molecule has 4 heteroatoms. The van der Waals surface area contributed by atoms with E-state index in [1.807, 2.05) is 4.90 Å². The highest BCUT2D eigenvalue weighted by Gasteiger charge is 2.42. The average molecular weight is 278 g/mol. The first kappa shape index (κ1) is 13.9. The van der Waals surface area contributed by atoms with Gasteiger partial charge >= 0.3 is 0 Å². The Labute approximate surface area is 121 Å². The van der Waals surface area contributed by atoms with E-state index < -0.39 is 0 Å². The maximum atomic E-state index is 12.8. The SMILES string of the molecule is CC1CC(C)CC(N2CCC(=O)N3CCCC3C2=O)C1. The molecular weight excluding hydrogens is 252 g/mol. The number of nitrogens with zero attached hydrogens (tertiary/aromatic N) is 2. The van der Waals surface area contributed by atoms with Crippen LogP contribution < -0.4 is 0 Å². The summed E-state index contributed by atoms with van der Waals surface area (Å²) in [4.78, 5) is 28.8. The predicted molar refractivity (Wildman–Crippen MR) is 77.0 cm³/mol. The van der Waals surface area contributed by atoms with Crippen LogP contribution >= 0.6 is 0 Å². The van der Waals surface area contributed by atoms with Gasteiger partial charge in [-0.25, -0.2) is 0 Å². The molecule has 3 fully saturated rings. The molecule has 0 bridgehead atoms. The van der Waals surface area contributed by atoms with Gasteiger partial charge in [-0.05, 0) is 43.9 Å². The molecule has 0 aromatic rings. The van der Waals surface area contributed by atoms with Gasteiger partial charge in [0.25, 0.3) is 0 Å². The Bertz CT molecular complexity index is 399. The summed E-state index contributed by atoms with van der Waals surface area (Å²) in [6.45, 7) is 5.99. The molecule has 3 rings (SSSR count). The fraction of sp³-hybridized carbons (Fsp3) is 0.875. The summed E-state index contributed by atoms with van der Waals surface area (Å²) in [5.74, 6) is 1.78. The Morgan fingerprint density at radius 3 is 2.35 bits per heavy atom. The van der Waals surface area contributed by atoms with E-state index in [4.69, 9.17) is 0 Å². The fourth-order valence-electron chi connectivity index (χ4n) is 4.50. The molecule has 112 valence electrons. The van der Waals surface area contributed by atoms with Crippen molar-refractivity contribution in [2.75, 3.05) is 13.1 Å². The number of fused-ring (bicyclic) bond motifs is 1. The van der Waals surface area contributed by atoms with Crippen molar-refractivity contribution in [2.45, 2.75) is 64.5 Å². The molecule has 2 aliphatic heterocycles. The number of carbonyl (C=O) groups is 2. The number of amides is 2. The van der Waals surface area contributed by atoms with Gasteiger partial charge in [-0.3, -0.25) is 9.59 Å². The summed E-state index contributed by atoms with van der Waals surface area (Å²) in [6, 6.07) is 0.201. The van der Waals surface area contributed by atoms with Crippen LogP contribution in [0.5, 0.6) is 0 Å². The highest BCUT2D eigenvalue weighted by Crippen LogP contribution is 2.34. The Morgan fingerprint density at radius 1 is 0.950 bits per heavy atom. The van der Waals surface area contributed by atoms with Gasteiger partial charge in [-0.15, -0.1) is 0 Å². The molecule has 4 nitrogen and oxygen atoms in total. The highest BCUT2D eigenvalue weighted by atomic mass is 16.2. The number of carbonyl (C=O) groups excluding carboxylic acids is 2. The van der Waals surface area contributed by atoms with E-state index in [0.29, 0.717) is 30.8 Å². The van der Waals surface area contributed by atoms with Gasteiger partial charge in [0.2, 0.25) is 11.8 Å². The molecule has 0 spiro atoms. The minimum atomic E-state index is -0.155. The van der Waals surface area contributed by atoms with Crippen molar-refractivity contribution in [1.82, 2.24) is 9.80 Å². The maximum Gasteiger partial charge on any atom is 0.245 e. The van der Waals surface area contributed by atoms with Crippen LogP contribution in [0.15, 0.2) is 0 Å². The van der Waals surface area contributed by atoms with Crippen LogP contribution in [-0.2, 0) is 9.59 Å². The van der Waals surface area contributed by atoms with Gasteiger partial charge < -0.3 is 9.80 Å². The van der Waals surface area contributed by atoms with Gasteiger partial charge in [0.15, 0.2) is 0 Å². The van der Waals surface area contributed by atoms with Crippen molar-refractivity contribution in [3.05, 3.63) is 0 Å².